The average molecular weight is 264 g/mol. The van der Waals surface area contributed by atoms with Gasteiger partial charge in [-0.05, 0) is 25.0 Å². The zero-order valence-electron chi connectivity index (χ0n) is 9.84. The molecule has 0 aromatic heterocycles. The lowest BCUT2D eigenvalue weighted by molar-refractivity contribution is 0.181. The van der Waals surface area contributed by atoms with Crippen LogP contribution in [-0.2, 0) is 9.30 Å². The number of ether oxygens (including phenoxy) is 1. The molecule has 2 N–H and O–H groups in total. The molecule has 0 bridgehead atoms. The molecule has 0 radical (unpaired) electrons. The van der Waals surface area contributed by atoms with Crippen molar-refractivity contribution in [2.24, 2.45) is 5.73 Å². The van der Waals surface area contributed by atoms with Crippen molar-refractivity contribution in [3.8, 4) is 0 Å². The van der Waals surface area contributed by atoms with Crippen molar-refractivity contribution in [2.45, 2.75) is 6.04 Å². The largest absolute Gasteiger partial charge is 0.383 e. The lowest BCUT2D eigenvalue weighted by Crippen LogP contribution is -2.17. The van der Waals surface area contributed by atoms with Crippen LogP contribution in [0.1, 0.15) is 11.6 Å². The SMILES string of the molecule is COCC(N)c1cccc(P(C)(C)=O)c1.Cl. The molecule has 5 heteroatoms. The zero-order chi connectivity index (χ0) is 11.5. The van der Waals surface area contributed by atoms with Gasteiger partial charge >= 0.3 is 0 Å². The fourth-order valence-electron chi connectivity index (χ4n) is 1.37. The molecule has 1 unspecified atom stereocenters. The van der Waals surface area contributed by atoms with Gasteiger partial charge in [0.2, 0.25) is 0 Å². The second kappa shape index (κ2) is 6.41. The van der Waals surface area contributed by atoms with E-state index in [4.69, 9.17) is 10.5 Å². The van der Waals surface area contributed by atoms with E-state index in [9.17, 15) is 4.57 Å². The van der Waals surface area contributed by atoms with Gasteiger partial charge in [0.15, 0.2) is 0 Å². The quantitative estimate of drug-likeness (QED) is 0.846. The number of hydrogen-bond donors (Lipinski definition) is 1. The predicted molar refractivity (Wildman–Crippen MR) is 71.6 cm³/mol. The summed E-state index contributed by atoms with van der Waals surface area (Å²) in [6, 6.07) is 7.46. The van der Waals surface area contributed by atoms with Crippen LogP contribution in [0.3, 0.4) is 0 Å². The molecule has 16 heavy (non-hydrogen) atoms. The van der Waals surface area contributed by atoms with Gasteiger partial charge in [-0.15, -0.1) is 12.4 Å². The van der Waals surface area contributed by atoms with Crippen LogP contribution in [-0.4, -0.2) is 27.0 Å². The van der Waals surface area contributed by atoms with Crippen molar-refractivity contribution in [3.05, 3.63) is 29.8 Å². The Hall–Kier alpha value is -0.340. The Kier molecular flexibility index (Phi) is 6.27. The molecular weight excluding hydrogens is 245 g/mol. The molecular formula is C11H19ClNO2P. The van der Waals surface area contributed by atoms with Gasteiger partial charge in [0.1, 0.15) is 7.14 Å². The lowest BCUT2D eigenvalue weighted by Gasteiger charge is -2.13. The standard InChI is InChI=1S/C11H18NO2P.ClH/c1-14-8-11(12)9-5-4-6-10(7-9)15(2,3)13;/h4-7,11H,8,12H2,1-3H3;1H. The lowest BCUT2D eigenvalue weighted by atomic mass is 10.1. The first-order valence-electron chi connectivity index (χ1n) is 4.85. The summed E-state index contributed by atoms with van der Waals surface area (Å²) in [4.78, 5) is 0. The summed E-state index contributed by atoms with van der Waals surface area (Å²) in [5.74, 6) is 0. The van der Waals surface area contributed by atoms with E-state index >= 15 is 0 Å². The fourth-order valence-corrected chi connectivity index (χ4v) is 2.27. The molecule has 0 saturated heterocycles. The minimum absolute atomic E-state index is 0. The van der Waals surface area contributed by atoms with E-state index in [2.05, 4.69) is 0 Å². The Morgan fingerprint density at radius 2 is 2.06 bits per heavy atom. The summed E-state index contributed by atoms with van der Waals surface area (Å²) in [5, 5.41) is 0.867. The van der Waals surface area contributed by atoms with Crippen LogP contribution >= 0.6 is 19.5 Å². The number of benzene rings is 1. The number of rotatable bonds is 4. The molecule has 1 rings (SSSR count). The highest BCUT2D eigenvalue weighted by Gasteiger charge is 2.13. The van der Waals surface area contributed by atoms with Crippen molar-refractivity contribution in [3.63, 3.8) is 0 Å². The summed E-state index contributed by atoms with van der Waals surface area (Å²) < 4.78 is 16.9. The predicted octanol–water partition coefficient (Wildman–Crippen LogP) is 2.00. The number of nitrogens with two attached hydrogens (primary N) is 1. The fraction of sp³-hybridized carbons (Fsp3) is 0.455. The first-order valence-corrected chi connectivity index (χ1v) is 7.45. The molecule has 0 heterocycles. The normalized spacial score (nSPS) is 13.0. The molecule has 0 fully saturated rings. The Bertz CT molecular complexity index is 378. The second-order valence-corrected chi connectivity index (χ2v) is 7.23. The smallest absolute Gasteiger partial charge is 0.109 e. The van der Waals surface area contributed by atoms with Gasteiger partial charge in [0, 0.05) is 12.4 Å². The van der Waals surface area contributed by atoms with Crippen molar-refractivity contribution < 1.29 is 9.30 Å². The van der Waals surface area contributed by atoms with E-state index in [1.165, 1.54) is 0 Å². The Morgan fingerprint density at radius 3 is 2.56 bits per heavy atom. The topological polar surface area (TPSA) is 52.3 Å². The molecule has 0 saturated carbocycles. The van der Waals surface area contributed by atoms with E-state index < -0.39 is 7.14 Å². The van der Waals surface area contributed by atoms with Gasteiger partial charge in [-0.3, -0.25) is 0 Å². The van der Waals surface area contributed by atoms with Gasteiger partial charge in [-0.1, -0.05) is 18.2 Å². The summed E-state index contributed by atoms with van der Waals surface area (Å²) in [7, 11) is -0.581. The highest BCUT2D eigenvalue weighted by atomic mass is 35.5. The maximum atomic E-state index is 11.9. The van der Waals surface area contributed by atoms with Crippen LogP contribution in [0.15, 0.2) is 24.3 Å². The van der Waals surface area contributed by atoms with Gasteiger partial charge in [0.05, 0.1) is 12.6 Å². The van der Waals surface area contributed by atoms with Gasteiger partial charge in [-0.2, -0.15) is 0 Å². The monoisotopic (exact) mass is 263 g/mol. The molecule has 0 aliphatic carbocycles. The minimum atomic E-state index is -2.20. The Balaban J connectivity index is 0.00000225. The second-order valence-electron chi connectivity index (χ2n) is 4.01. The van der Waals surface area contributed by atoms with Crippen molar-refractivity contribution in [1.82, 2.24) is 0 Å². The van der Waals surface area contributed by atoms with Gasteiger partial charge < -0.3 is 15.0 Å². The summed E-state index contributed by atoms with van der Waals surface area (Å²) in [6.45, 7) is 3.99. The van der Waals surface area contributed by atoms with E-state index in [0.29, 0.717) is 6.61 Å². The van der Waals surface area contributed by atoms with Gasteiger partial charge in [-0.25, -0.2) is 0 Å². The highest BCUT2D eigenvalue weighted by molar-refractivity contribution is 7.70. The number of halogens is 1. The van der Waals surface area contributed by atoms with Crippen LogP contribution in [0.5, 0.6) is 0 Å². The molecule has 0 amide bonds. The molecule has 0 aliphatic rings. The Morgan fingerprint density at radius 1 is 1.44 bits per heavy atom. The van der Waals surface area contributed by atoms with Crippen LogP contribution in [0, 0.1) is 0 Å². The highest BCUT2D eigenvalue weighted by Crippen LogP contribution is 2.34. The summed E-state index contributed by atoms with van der Waals surface area (Å²) >= 11 is 0. The first kappa shape index (κ1) is 15.7. The van der Waals surface area contributed by atoms with Crippen LogP contribution in [0.2, 0.25) is 0 Å². The van der Waals surface area contributed by atoms with E-state index in [1.807, 2.05) is 24.3 Å². The first-order chi connectivity index (χ1) is 6.95. The van der Waals surface area contributed by atoms with Crippen molar-refractivity contribution >= 4 is 24.9 Å². The molecule has 1 atom stereocenters. The molecule has 0 aliphatic heterocycles. The number of hydrogen-bond acceptors (Lipinski definition) is 3. The maximum Gasteiger partial charge on any atom is 0.109 e. The minimum Gasteiger partial charge on any atom is -0.383 e. The molecule has 1 aromatic rings. The maximum absolute atomic E-state index is 11.9. The summed E-state index contributed by atoms with van der Waals surface area (Å²) in [6.07, 6.45) is 0. The van der Waals surface area contributed by atoms with Crippen LogP contribution in [0.4, 0.5) is 0 Å². The number of methoxy groups -OCH3 is 1. The molecule has 92 valence electrons. The third kappa shape index (κ3) is 4.26. The van der Waals surface area contributed by atoms with Crippen molar-refractivity contribution in [2.75, 3.05) is 27.0 Å². The van der Waals surface area contributed by atoms with E-state index in [-0.39, 0.29) is 18.4 Å². The van der Waals surface area contributed by atoms with Crippen molar-refractivity contribution in [1.29, 1.82) is 0 Å². The Labute approximate surface area is 103 Å². The van der Waals surface area contributed by atoms with E-state index in [1.54, 1.807) is 20.4 Å². The van der Waals surface area contributed by atoms with E-state index in [0.717, 1.165) is 10.9 Å². The third-order valence-electron chi connectivity index (χ3n) is 2.27. The zero-order valence-corrected chi connectivity index (χ0v) is 11.6. The molecule has 1 aromatic carbocycles. The van der Waals surface area contributed by atoms with Crippen LogP contribution < -0.4 is 11.0 Å². The average Bonchev–Trinajstić information content (AvgIpc) is 2.17. The van der Waals surface area contributed by atoms with Crippen LogP contribution in [0.25, 0.3) is 0 Å². The molecule has 3 nitrogen and oxygen atoms in total. The third-order valence-corrected chi connectivity index (χ3v) is 3.79. The molecule has 0 spiro atoms. The summed E-state index contributed by atoms with van der Waals surface area (Å²) in [5.41, 5.74) is 6.87. The van der Waals surface area contributed by atoms with Gasteiger partial charge in [0.25, 0.3) is 0 Å².